The Kier molecular flexibility index (Phi) is 3.38. The molecule has 0 spiro atoms. The molecule has 1 heterocycles. The Morgan fingerprint density at radius 2 is 2.00 bits per heavy atom. The van der Waals surface area contributed by atoms with E-state index in [-0.39, 0.29) is 18.2 Å². The van der Waals surface area contributed by atoms with Gasteiger partial charge in [0.1, 0.15) is 0 Å². The van der Waals surface area contributed by atoms with E-state index < -0.39 is 11.4 Å². The summed E-state index contributed by atoms with van der Waals surface area (Å²) in [5.74, 6) is -1.20. The minimum atomic E-state index is -1.07. The van der Waals surface area contributed by atoms with E-state index in [0.717, 1.165) is 10.5 Å². The molecule has 0 fully saturated rings. The summed E-state index contributed by atoms with van der Waals surface area (Å²) in [6.07, 6.45) is -0.0869. The van der Waals surface area contributed by atoms with Crippen LogP contribution in [0, 0.1) is 6.92 Å². The molecule has 1 aromatic rings. The van der Waals surface area contributed by atoms with Gasteiger partial charge in [-0.3, -0.25) is 19.3 Å². The lowest BCUT2D eigenvalue weighted by Gasteiger charge is -2.37. The Hall–Kier alpha value is -2.17. The van der Waals surface area contributed by atoms with Crippen LogP contribution in [0.4, 0.5) is 0 Å². The average Bonchev–Trinajstić information content (AvgIpc) is 2.43. The van der Waals surface area contributed by atoms with E-state index in [1.807, 2.05) is 13.0 Å². The summed E-state index contributed by atoms with van der Waals surface area (Å²) in [5, 5.41) is 0. The summed E-state index contributed by atoms with van der Waals surface area (Å²) in [4.78, 5) is 37.4. The molecular formula is C15H17NO4. The van der Waals surface area contributed by atoms with Crippen molar-refractivity contribution in [1.82, 2.24) is 4.90 Å². The third-order valence-electron chi connectivity index (χ3n) is 3.81. The molecule has 0 aromatic heterocycles. The standard InChI is InChI=1S/C15H17NO4/c1-9-5-6-10-11(7-9)15(2,8-12(17)20-4)14(19)16(3)13(10)18/h5-7H,8H2,1-4H3. The summed E-state index contributed by atoms with van der Waals surface area (Å²) < 4.78 is 4.68. The fourth-order valence-electron chi connectivity index (χ4n) is 2.59. The van der Waals surface area contributed by atoms with Crippen LogP contribution in [0.3, 0.4) is 0 Å². The van der Waals surface area contributed by atoms with E-state index in [9.17, 15) is 14.4 Å². The number of methoxy groups -OCH3 is 1. The van der Waals surface area contributed by atoms with Gasteiger partial charge in [0, 0.05) is 12.6 Å². The van der Waals surface area contributed by atoms with Gasteiger partial charge in [-0.1, -0.05) is 17.7 Å². The number of hydrogen-bond donors (Lipinski definition) is 0. The van der Waals surface area contributed by atoms with E-state index in [0.29, 0.717) is 11.1 Å². The number of hydrogen-bond acceptors (Lipinski definition) is 4. The van der Waals surface area contributed by atoms with E-state index >= 15 is 0 Å². The Morgan fingerprint density at radius 3 is 2.60 bits per heavy atom. The van der Waals surface area contributed by atoms with Crippen LogP contribution >= 0.6 is 0 Å². The molecule has 1 aromatic carbocycles. The highest BCUT2D eigenvalue weighted by molar-refractivity contribution is 6.13. The molecule has 0 radical (unpaired) electrons. The van der Waals surface area contributed by atoms with Crippen LogP contribution in [0.5, 0.6) is 0 Å². The third kappa shape index (κ3) is 1.99. The minimum Gasteiger partial charge on any atom is -0.469 e. The molecule has 1 aliphatic rings. The van der Waals surface area contributed by atoms with Gasteiger partial charge in [-0.05, 0) is 25.5 Å². The molecule has 0 N–H and O–H groups in total. The third-order valence-corrected chi connectivity index (χ3v) is 3.81. The minimum absolute atomic E-state index is 0.0869. The molecule has 0 bridgehead atoms. The monoisotopic (exact) mass is 275 g/mol. The molecule has 0 saturated heterocycles. The van der Waals surface area contributed by atoms with E-state index in [2.05, 4.69) is 4.74 Å². The Labute approximate surface area is 117 Å². The number of esters is 1. The van der Waals surface area contributed by atoms with Gasteiger partial charge in [-0.25, -0.2) is 0 Å². The van der Waals surface area contributed by atoms with Gasteiger partial charge in [0.25, 0.3) is 5.91 Å². The number of imide groups is 1. The van der Waals surface area contributed by atoms with Crippen molar-refractivity contribution in [2.75, 3.05) is 14.2 Å². The fourth-order valence-corrected chi connectivity index (χ4v) is 2.59. The van der Waals surface area contributed by atoms with Crippen LogP contribution in [0.15, 0.2) is 18.2 Å². The summed E-state index contributed by atoms with van der Waals surface area (Å²) in [6, 6.07) is 5.31. The first-order valence-electron chi connectivity index (χ1n) is 6.31. The first-order valence-corrected chi connectivity index (χ1v) is 6.31. The van der Waals surface area contributed by atoms with Crippen LogP contribution in [-0.2, 0) is 19.7 Å². The lowest BCUT2D eigenvalue weighted by atomic mass is 9.73. The molecule has 106 valence electrons. The van der Waals surface area contributed by atoms with Gasteiger partial charge in [0.2, 0.25) is 5.91 Å². The lowest BCUT2D eigenvalue weighted by Crippen LogP contribution is -2.52. The van der Waals surface area contributed by atoms with Crippen molar-refractivity contribution in [3.63, 3.8) is 0 Å². The van der Waals surface area contributed by atoms with Crippen molar-refractivity contribution in [2.45, 2.75) is 25.7 Å². The molecule has 5 nitrogen and oxygen atoms in total. The molecule has 2 rings (SSSR count). The lowest BCUT2D eigenvalue weighted by molar-refractivity contribution is -0.147. The number of nitrogens with zero attached hydrogens (tertiary/aromatic N) is 1. The van der Waals surface area contributed by atoms with Crippen molar-refractivity contribution in [3.05, 3.63) is 34.9 Å². The van der Waals surface area contributed by atoms with Crippen molar-refractivity contribution < 1.29 is 19.1 Å². The number of aryl methyl sites for hydroxylation is 1. The van der Waals surface area contributed by atoms with Crippen molar-refractivity contribution >= 4 is 17.8 Å². The molecule has 2 amide bonds. The number of likely N-dealkylation sites (N-methyl/N-ethyl adjacent to an activating group) is 1. The largest absolute Gasteiger partial charge is 0.469 e. The van der Waals surface area contributed by atoms with E-state index in [1.165, 1.54) is 14.2 Å². The maximum atomic E-state index is 12.5. The topological polar surface area (TPSA) is 63.7 Å². The number of amides is 2. The van der Waals surface area contributed by atoms with Crippen LogP contribution in [0.1, 0.15) is 34.8 Å². The molecule has 0 saturated carbocycles. The average molecular weight is 275 g/mol. The van der Waals surface area contributed by atoms with Crippen LogP contribution in [-0.4, -0.2) is 36.8 Å². The molecule has 1 unspecified atom stereocenters. The second kappa shape index (κ2) is 4.74. The number of rotatable bonds is 2. The van der Waals surface area contributed by atoms with E-state index in [4.69, 9.17) is 0 Å². The summed E-state index contributed by atoms with van der Waals surface area (Å²) in [6.45, 7) is 3.56. The van der Waals surface area contributed by atoms with Gasteiger partial charge >= 0.3 is 5.97 Å². The molecule has 20 heavy (non-hydrogen) atoms. The van der Waals surface area contributed by atoms with Gasteiger partial charge in [0.15, 0.2) is 0 Å². The predicted molar refractivity (Wildman–Crippen MR) is 72.3 cm³/mol. The number of carbonyl (C=O) groups excluding carboxylic acids is 3. The zero-order valence-corrected chi connectivity index (χ0v) is 12.0. The number of carbonyl (C=O) groups is 3. The maximum Gasteiger partial charge on any atom is 0.306 e. The molecule has 5 heteroatoms. The van der Waals surface area contributed by atoms with Crippen molar-refractivity contribution in [2.24, 2.45) is 0 Å². The first kappa shape index (κ1) is 14.2. The molecular weight excluding hydrogens is 258 g/mol. The van der Waals surface area contributed by atoms with Gasteiger partial charge in [0.05, 0.1) is 18.9 Å². The van der Waals surface area contributed by atoms with Gasteiger partial charge in [-0.15, -0.1) is 0 Å². The van der Waals surface area contributed by atoms with E-state index in [1.54, 1.807) is 19.1 Å². The van der Waals surface area contributed by atoms with Crippen LogP contribution in [0.2, 0.25) is 0 Å². The number of fused-ring (bicyclic) bond motifs is 1. The maximum absolute atomic E-state index is 12.5. The number of benzene rings is 1. The second-order valence-corrected chi connectivity index (χ2v) is 5.30. The normalized spacial score (nSPS) is 21.7. The summed E-state index contributed by atoms with van der Waals surface area (Å²) >= 11 is 0. The SMILES string of the molecule is COC(=O)CC1(C)C(=O)N(C)C(=O)c2ccc(C)cc21. The second-order valence-electron chi connectivity index (χ2n) is 5.30. The van der Waals surface area contributed by atoms with Crippen molar-refractivity contribution in [1.29, 1.82) is 0 Å². The first-order chi connectivity index (χ1) is 9.31. The zero-order valence-electron chi connectivity index (χ0n) is 12.0. The van der Waals surface area contributed by atoms with Crippen LogP contribution in [0.25, 0.3) is 0 Å². The van der Waals surface area contributed by atoms with Gasteiger partial charge < -0.3 is 4.74 Å². The Bertz CT molecular complexity index is 608. The smallest absolute Gasteiger partial charge is 0.306 e. The highest BCUT2D eigenvalue weighted by atomic mass is 16.5. The fraction of sp³-hybridized carbons (Fsp3) is 0.400. The van der Waals surface area contributed by atoms with Crippen LogP contribution < -0.4 is 0 Å². The summed E-state index contributed by atoms with van der Waals surface area (Å²) in [5.41, 5.74) is 0.919. The molecule has 0 aliphatic carbocycles. The van der Waals surface area contributed by atoms with Gasteiger partial charge in [-0.2, -0.15) is 0 Å². The molecule has 1 aliphatic heterocycles. The quantitative estimate of drug-likeness (QED) is 0.605. The molecule has 1 atom stereocenters. The predicted octanol–water partition coefficient (Wildman–Crippen LogP) is 1.43. The summed E-state index contributed by atoms with van der Waals surface area (Å²) in [7, 11) is 2.72. The van der Waals surface area contributed by atoms with Crippen molar-refractivity contribution in [3.8, 4) is 0 Å². The number of ether oxygens (including phenoxy) is 1. The highest BCUT2D eigenvalue weighted by Crippen LogP contribution is 2.37. The zero-order chi connectivity index (χ0) is 15.1. The Balaban J connectivity index is 2.64. The Morgan fingerprint density at radius 1 is 1.35 bits per heavy atom. The highest BCUT2D eigenvalue weighted by Gasteiger charge is 2.47.